The number of hydrogen-bond acceptors (Lipinski definition) is 2. The van der Waals surface area contributed by atoms with Gasteiger partial charge in [-0.15, -0.1) is 0 Å². The standard InChI is InChI=1S/C8H7BrClN3OS/c9-5-1-4(2-6(10)3-5)7(14)12-13-8(11)15/h1-3H,(H,12,14)(H3,11,13,15). The van der Waals surface area contributed by atoms with Crippen molar-refractivity contribution in [1.82, 2.24) is 10.9 Å². The number of carbonyl (C=O) groups excluding carboxylic acids is 1. The third-order valence-corrected chi connectivity index (χ3v) is 2.20. The van der Waals surface area contributed by atoms with Gasteiger partial charge in [-0.25, -0.2) is 0 Å². The Morgan fingerprint density at radius 2 is 2.07 bits per heavy atom. The van der Waals surface area contributed by atoms with E-state index in [1.807, 2.05) is 0 Å². The number of carbonyl (C=O) groups is 1. The van der Waals surface area contributed by atoms with Crippen LogP contribution in [0.15, 0.2) is 22.7 Å². The molecule has 0 unspecified atom stereocenters. The van der Waals surface area contributed by atoms with Gasteiger partial charge in [0.15, 0.2) is 5.11 Å². The molecule has 1 amide bonds. The van der Waals surface area contributed by atoms with E-state index >= 15 is 0 Å². The number of nitrogens with two attached hydrogens (primary N) is 1. The first-order valence-corrected chi connectivity index (χ1v) is 5.39. The molecule has 0 atom stereocenters. The van der Waals surface area contributed by atoms with Crippen LogP contribution in [0.5, 0.6) is 0 Å². The van der Waals surface area contributed by atoms with Crippen molar-refractivity contribution in [2.24, 2.45) is 5.73 Å². The van der Waals surface area contributed by atoms with Crippen LogP contribution >= 0.6 is 39.7 Å². The molecule has 1 rings (SSSR count). The maximum absolute atomic E-state index is 11.5. The van der Waals surface area contributed by atoms with Crippen LogP contribution in [0.3, 0.4) is 0 Å². The van der Waals surface area contributed by atoms with E-state index in [4.69, 9.17) is 17.3 Å². The fourth-order valence-electron chi connectivity index (χ4n) is 0.875. The second-order valence-electron chi connectivity index (χ2n) is 2.60. The second kappa shape index (κ2) is 5.29. The summed E-state index contributed by atoms with van der Waals surface area (Å²) >= 11 is 13.5. The van der Waals surface area contributed by atoms with E-state index < -0.39 is 0 Å². The lowest BCUT2D eigenvalue weighted by molar-refractivity contribution is 0.0944. The Morgan fingerprint density at radius 3 is 2.60 bits per heavy atom. The lowest BCUT2D eigenvalue weighted by atomic mass is 10.2. The molecule has 0 bridgehead atoms. The average Bonchev–Trinajstić information content (AvgIpc) is 2.12. The minimum Gasteiger partial charge on any atom is -0.375 e. The Morgan fingerprint density at radius 1 is 1.40 bits per heavy atom. The molecule has 4 nitrogen and oxygen atoms in total. The Balaban J connectivity index is 2.77. The molecule has 0 spiro atoms. The Kier molecular flexibility index (Phi) is 4.31. The Labute approximate surface area is 105 Å². The van der Waals surface area contributed by atoms with Crippen LogP contribution < -0.4 is 16.6 Å². The lowest BCUT2D eigenvalue weighted by Gasteiger charge is -2.06. The van der Waals surface area contributed by atoms with E-state index in [0.29, 0.717) is 10.6 Å². The lowest BCUT2D eigenvalue weighted by Crippen LogP contribution is -2.44. The summed E-state index contributed by atoms with van der Waals surface area (Å²) in [6.07, 6.45) is 0. The molecule has 15 heavy (non-hydrogen) atoms. The van der Waals surface area contributed by atoms with Crippen LogP contribution in [-0.4, -0.2) is 11.0 Å². The summed E-state index contributed by atoms with van der Waals surface area (Å²) in [5.74, 6) is -0.369. The molecule has 1 aromatic carbocycles. The number of rotatable bonds is 1. The van der Waals surface area contributed by atoms with Gasteiger partial charge in [-0.1, -0.05) is 27.5 Å². The first-order valence-electron chi connectivity index (χ1n) is 3.81. The molecule has 1 aromatic rings. The SMILES string of the molecule is NC(=S)NNC(=O)c1cc(Cl)cc(Br)c1. The summed E-state index contributed by atoms with van der Waals surface area (Å²) in [6.45, 7) is 0. The van der Waals surface area contributed by atoms with Crippen molar-refractivity contribution in [2.45, 2.75) is 0 Å². The van der Waals surface area contributed by atoms with Crippen LogP contribution in [0.1, 0.15) is 10.4 Å². The molecule has 0 aliphatic rings. The van der Waals surface area contributed by atoms with Crippen molar-refractivity contribution in [3.8, 4) is 0 Å². The van der Waals surface area contributed by atoms with E-state index in [9.17, 15) is 4.79 Å². The molecule has 0 saturated carbocycles. The number of benzene rings is 1. The average molecular weight is 309 g/mol. The van der Waals surface area contributed by atoms with Gasteiger partial charge in [0.1, 0.15) is 0 Å². The van der Waals surface area contributed by atoms with Crippen LogP contribution in [0.4, 0.5) is 0 Å². The molecule has 7 heteroatoms. The molecule has 0 aliphatic heterocycles. The van der Waals surface area contributed by atoms with Crippen LogP contribution in [0.25, 0.3) is 0 Å². The van der Waals surface area contributed by atoms with Crippen molar-refractivity contribution in [3.63, 3.8) is 0 Å². The van der Waals surface area contributed by atoms with E-state index in [1.165, 1.54) is 6.07 Å². The van der Waals surface area contributed by atoms with Gasteiger partial charge in [-0.3, -0.25) is 15.6 Å². The summed E-state index contributed by atoms with van der Waals surface area (Å²) in [5, 5.41) is 0.453. The fraction of sp³-hybridized carbons (Fsp3) is 0. The van der Waals surface area contributed by atoms with Gasteiger partial charge in [0.25, 0.3) is 5.91 Å². The van der Waals surface area contributed by atoms with E-state index in [0.717, 1.165) is 4.47 Å². The highest BCUT2D eigenvalue weighted by Gasteiger charge is 2.06. The normalized spacial score (nSPS) is 9.47. The van der Waals surface area contributed by atoms with Crippen molar-refractivity contribution in [2.75, 3.05) is 0 Å². The summed E-state index contributed by atoms with van der Waals surface area (Å²) in [4.78, 5) is 11.5. The smallest absolute Gasteiger partial charge is 0.269 e. The third-order valence-electron chi connectivity index (χ3n) is 1.42. The zero-order chi connectivity index (χ0) is 11.4. The van der Waals surface area contributed by atoms with Crippen LogP contribution in [-0.2, 0) is 0 Å². The van der Waals surface area contributed by atoms with Gasteiger partial charge >= 0.3 is 0 Å². The van der Waals surface area contributed by atoms with Crippen LogP contribution in [0, 0.1) is 0 Å². The molecular formula is C8H7BrClN3OS. The zero-order valence-electron chi connectivity index (χ0n) is 7.38. The summed E-state index contributed by atoms with van der Waals surface area (Å²) in [7, 11) is 0. The predicted octanol–water partition coefficient (Wildman–Crippen LogP) is 1.58. The molecule has 0 aliphatic carbocycles. The Bertz CT molecular complexity index is 393. The summed E-state index contributed by atoms with van der Waals surface area (Å²) in [5.41, 5.74) is 10.2. The Hall–Kier alpha value is -0.850. The molecule has 0 fully saturated rings. The fourth-order valence-corrected chi connectivity index (χ4v) is 1.79. The molecule has 0 heterocycles. The van der Waals surface area contributed by atoms with Crippen molar-refractivity contribution in [1.29, 1.82) is 0 Å². The molecule has 4 N–H and O–H groups in total. The van der Waals surface area contributed by atoms with E-state index in [2.05, 4.69) is 39.0 Å². The first-order chi connectivity index (χ1) is 6.99. The summed E-state index contributed by atoms with van der Waals surface area (Å²) < 4.78 is 0.718. The maximum Gasteiger partial charge on any atom is 0.269 e. The molecular weight excluding hydrogens is 302 g/mol. The monoisotopic (exact) mass is 307 g/mol. The van der Waals surface area contributed by atoms with Gasteiger partial charge in [-0.2, -0.15) is 0 Å². The van der Waals surface area contributed by atoms with Gasteiger partial charge in [0.2, 0.25) is 0 Å². The number of hydrogen-bond donors (Lipinski definition) is 3. The molecule has 0 radical (unpaired) electrons. The quantitative estimate of drug-likeness (QED) is 0.544. The third kappa shape index (κ3) is 4.03. The topological polar surface area (TPSA) is 67.2 Å². The number of halogens is 2. The van der Waals surface area contributed by atoms with Gasteiger partial charge in [-0.05, 0) is 30.4 Å². The second-order valence-corrected chi connectivity index (χ2v) is 4.39. The van der Waals surface area contributed by atoms with Crippen LogP contribution in [0.2, 0.25) is 5.02 Å². The number of thiocarbonyl (C=S) groups is 1. The predicted molar refractivity (Wildman–Crippen MR) is 66.5 cm³/mol. The largest absolute Gasteiger partial charge is 0.375 e. The minimum absolute atomic E-state index is 0.00977. The van der Waals surface area contributed by atoms with Gasteiger partial charge in [0, 0.05) is 15.1 Å². The highest BCUT2D eigenvalue weighted by atomic mass is 79.9. The van der Waals surface area contributed by atoms with Gasteiger partial charge in [0.05, 0.1) is 0 Å². The van der Waals surface area contributed by atoms with Gasteiger partial charge < -0.3 is 5.73 Å². The molecule has 80 valence electrons. The maximum atomic E-state index is 11.5. The highest BCUT2D eigenvalue weighted by molar-refractivity contribution is 9.10. The zero-order valence-corrected chi connectivity index (χ0v) is 10.5. The van der Waals surface area contributed by atoms with Crippen molar-refractivity contribution in [3.05, 3.63) is 33.3 Å². The number of amides is 1. The molecule has 0 aromatic heterocycles. The van der Waals surface area contributed by atoms with E-state index in [-0.39, 0.29) is 11.0 Å². The van der Waals surface area contributed by atoms with Crippen molar-refractivity contribution < 1.29 is 4.79 Å². The van der Waals surface area contributed by atoms with Crippen molar-refractivity contribution >= 4 is 50.8 Å². The number of nitrogens with one attached hydrogen (secondary N) is 2. The number of hydrazine groups is 1. The summed E-state index contributed by atoms with van der Waals surface area (Å²) in [6, 6.07) is 4.84. The first kappa shape index (κ1) is 12.2. The molecule has 0 saturated heterocycles. The highest BCUT2D eigenvalue weighted by Crippen LogP contribution is 2.19. The minimum atomic E-state index is -0.369. The van der Waals surface area contributed by atoms with E-state index in [1.54, 1.807) is 12.1 Å².